The summed E-state index contributed by atoms with van der Waals surface area (Å²) in [6.45, 7) is 2.93. The lowest BCUT2D eigenvalue weighted by molar-refractivity contribution is -0.132. The number of ketones is 1. The van der Waals surface area contributed by atoms with Gasteiger partial charge in [-0.3, -0.25) is 14.5 Å². The molecule has 3 aromatic carbocycles. The molecule has 1 saturated heterocycles. The average molecular weight is 441 g/mol. The SMILES string of the molecule is CCc1ccc(C2/C(=C(\O)c3ccccc3)C(=O)C(=O)N2c2ccc3c(c2)OCCO3)cc1. The van der Waals surface area contributed by atoms with Crippen LogP contribution >= 0.6 is 0 Å². The Kier molecular flexibility index (Phi) is 5.34. The topological polar surface area (TPSA) is 76.1 Å². The van der Waals surface area contributed by atoms with E-state index in [0.29, 0.717) is 36.0 Å². The molecule has 1 amide bonds. The summed E-state index contributed by atoms with van der Waals surface area (Å²) in [4.78, 5) is 27.9. The number of anilines is 1. The van der Waals surface area contributed by atoms with Crippen molar-refractivity contribution in [1.82, 2.24) is 0 Å². The van der Waals surface area contributed by atoms with E-state index in [-0.39, 0.29) is 11.3 Å². The van der Waals surface area contributed by atoms with E-state index >= 15 is 0 Å². The third kappa shape index (κ3) is 3.63. The zero-order chi connectivity index (χ0) is 22.9. The summed E-state index contributed by atoms with van der Waals surface area (Å²) >= 11 is 0. The van der Waals surface area contributed by atoms with E-state index in [1.54, 1.807) is 42.5 Å². The van der Waals surface area contributed by atoms with Gasteiger partial charge in [-0.2, -0.15) is 0 Å². The fourth-order valence-corrected chi connectivity index (χ4v) is 4.28. The van der Waals surface area contributed by atoms with Gasteiger partial charge >= 0.3 is 0 Å². The smallest absolute Gasteiger partial charge is 0.300 e. The Morgan fingerprint density at radius 3 is 2.33 bits per heavy atom. The summed E-state index contributed by atoms with van der Waals surface area (Å²) in [6.07, 6.45) is 0.868. The van der Waals surface area contributed by atoms with Crippen molar-refractivity contribution in [3.8, 4) is 11.5 Å². The lowest BCUT2D eigenvalue weighted by Gasteiger charge is -2.27. The highest BCUT2D eigenvalue weighted by Crippen LogP contribution is 2.44. The van der Waals surface area contributed by atoms with Crippen molar-refractivity contribution in [3.05, 3.63) is 95.1 Å². The van der Waals surface area contributed by atoms with E-state index in [0.717, 1.165) is 17.5 Å². The molecule has 0 saturated carbocycles. The third-order valence-electron chi connectivity index (χ3n) is 6.00. The normalized spacial score (nSPS) is 19.1. The van der Waals surface area contributed by atoms with Gasteiger partial charge in [0.05, 0.1) is 11.6 Å². The van der Waals surface area contributed by atoms with Crippen LogP contribution in [0.25, 0.3) is 5.76 Å². The number of nitrogens with zero attached hydrogens (tertiary/aromatic N) is 1. The monoisotopic (exact) mass is 441 g/mol. The second-order valence-electron chi connectivity index (χ2n) is 7.96. The Bertz CT molecular complexity index is 1250. The molecule has 6 heteroatoms. The van der Waals surface area contributed by atoms with Crippen molar-refractivity contribution in [2.24, 2.45) is 0 Å². The van der Waals surface area contributed by atoms with Crippen LogP contribution in [0.15, 0.2) is 78.4 Å². The van der Waals surface area contributed by atoms with Crippen molar-refractivity contribution >= 4 is 23.1 Å². The summed E-state index contributed by atoms with van der Waals surface area (Å²) in [7, 11) is 0. The van der Waals surface area contributed by atoms with Crippen LogP contribution in [-0.2, 0) is 16.0 Å². The first kappa shape index (κ1) is 20.8. The molecule has 166 valence electrons. The average Bonchev–Trinajstić information content (AvgIpc) is 3.14. The predicted octanol–water partition coefficient (Wildman–Crippen LogP) is 4.65. The van der Waals surface area contributed by atoms with Crippen molar-refractivity contribution < 1.29 is 24.2 Å². The predicted molar refractivity (Wildman–Crippen MR) is 124 cm³/mol. The zero-order valence-corrected chi connectivity index (χ0v) is 18.2. The molecular weight excluding hydrogens is 418 g/mol. The van der Waals surface area contributed by atoms with E-state index in [4.69, 9.17) is 9.47 Å². The molecular formula is C27H23NO5. The first-order valence-corrected chi connectivity index (χ1v) is 10.9. The number of fused-ring (bicyclic) bond motifs is 1. The summed E-state index contributed by atoms with van der Waals surface area (Å²) < 4.78 is 11.3. The zero-order valence-electron chi connectivity index (χ0n) is 18.2. The molecule has 0 aromatic heterocycles. The van der Waals surface area contributed by atoms with Gasteiger partial charge < -0.3 is 14.6 Å². The van der Waals surface area contributed by atoms with Crippen LogP contribution in [0.4, 0.5) is 5.69 Å². The van der Waals surface area contributed by atoms with Gasteiger partial charge in [-0.25, -0.2) is 0 Å². The van der Waals surface area contributed by atoms with Crippen LogP contribution < -0.4 is 14.4 Å². The van der Waals surface area contributed by atoms with E-state index < -0.39 is 17.7 Å². The first-order valence-electron chi connectivity index (χ1n) is 10.9. The van der Waals surface area contributed by atoms with Gasteiger partial charge in [0.25, 0.3) is 11.7 Å². The van der Waals surface area contributed by atoms with Crippen molar-refractivity contribution in [2.75, 3.05) is 18.1 Å². The summed E-state index contributed by atoms with van der Waals surface area (Å²) in [5, 5.41) is 11.1. The maximum Gasteiger partial charge on any atom is 0.300 e. The number of ether oxygens (including phenoxy) is 2. The van der Waals surface area contributed by atoms with Crippen molar-refractivity contribution in [2.45, 2.75) is 19.4 Å². The molecule has 0 radical (unpaired) electrons. The van der Waals surface area contributed by atoms with Gasteiger partial charge in [-0.15, -0.1) is 0 Å². The fourth-order valence-electron chi connectivity index (χ4n) is 4.28. The van der Waals surface area contributed by atoms with Gasteiger partial charge in [0.1, 0.15) is 19.0 Å². The lowest BCUT2D eigenvalue weighted by Crippen LogP contribution is -2.29. The molecule has 5 rings (SSSR count). The second-order valence-corrected chi connectivity index (χ2v) is 7.96. The summed E-state index contributed by atoms with van der Waals surface area (Å²) in [5.74, 6) is -0.512. The third-order valence-corrected chi connectivity index (χ3v) is 6.00. The number of aliphatic hydroxyl groups is 1. The highest BCUT2D eigenvalue weighted by atomic mass is 16.6. The van der Waals surface area contributed by atoms with E-state index in [1.165, 1.54) is 4.90 Å². The van der Waals surface area contributed by atoms with Crippen LogP contribution in [0.1, 0.15) is 29.7 Å². The Morgan fingerprint density at radius 1 is 0.939 bits per heavy atom. The Morgan fingerprint density at radius 2 is 1.64 bits per heavy atom. The fraction of sp³-hybridized carbons (Fsp3) is 0.185. The van der Waals surface area contributed by atoms with Crippen LogP contribution in [0.2, 0.25) is 0 Å². The number of Topliss-reactive ketones (excluding diaryl/α,β-unsaturated/α-hetero) is 1. The first-order chi connectivity index (χ1) is 16.1. The number of rotatable bonds is 4. The number of aliphatic hydroxyl groups excluding tert-OH is 1. The molecule has 2 aliphatic heterocycles. The van der Waals surface area contributed by atoms with Gasteiger partial charge in [0, 0.05) is 17.3 Å². The Balaban J connectivity index is 1.69. The van der Waals surface area contributed by atoms with Crippen LogP contribution in [-0.4, -0.2) is 30.0 Å². The molecule has 1 unspecified atom stereocenters. The minimum atomic E-state index is -0.779. The van der Waals surface area contributed by atoms with Crippen LogP contribution in [0, 0.1) is 0 Å². The van der Waals surface area contributed by atoms with Gasteiger partial charge in [-0.1, -0.05) is 61.5 Å². The number of hydrogen-bond donors (Lipinski definition) is 1. The maximum atomic E-state index is 13.3. The van der Waals surface area contributed by atoms with Gasteiger partial charge in [-0.05, 0) is 29.7 Å². The van der Waals surface area contributed by atoms with Gasteiger partial charge in [0.15, 0.2) is 11.5 Å². The quantitative estimate of drug-likeness (QED) is 0.362. The molecule has 1 atom stereocenters. The second kappa shape index (κ2) is 8.47. The molecule has 0 bridgehead atoms. The minimum Gasteiger partial charge on any atom is -0.507 e. The molecule has 2 heterocycles. The summed E-state index contributed by atoms with van der Waals surface area (Å²) in [5.41, 5.74) is 2.91. The molecule has 1 N–H and O–H groups in total. The number of carbonyl (C=O) groups is 2. The minimum absolute atomic E-state index is 0.0605. The molecule has 3 aromatic rings. The number of hydrogen-bond acceptors (Lipinski definition) is 5. The van der Waals surface area contributed by atoms with E-state index in [1.807, 2.05) is 30.3 Å². The summed E-state index contributed by atoms with van der Waals surface area (Å²) in [6, 6.07) is 20.9. The highest BCUT2D eigenvalue weighted by molar-refractivity contribution is 6.51. The Labute approximate surface area is 191 Å². The van der Waals surface area contributed by atoms with E-state index in [9.17, 15) is 14.7 Å². The number of aryl methyl sites for hydroxylation is 1. The Hall–Kier alpha value is -4.06. The standard InChI is InChI=1S/C27H23NO5/c1-2-17-8-10-18(11-9-17)24-23(25(29)19-6-4-3-5-7-19)26(30)27(31)28(24)20-12-13-21-22(16-20)33-15-14-32-21/h3-13,16,24,29H,2,14-15H2,1H3/b25-23+. The highest BCUT2D eigenvalue weighted by Gasteiger charge is 2.47. The molecule has 33 heavy (non-hydrogen) atoms. The van der Waals surface area contributed by atoms with E-state index in [2.05, 4.69) is 6.92 Å². The molecule has 1 fully saturated rings. The number of amides is 1. The molecule has 6 nitrogen and oxygen atoms in total. The number of benzene rings is 3. The molecule has 0 aliphatic carbocycles. The lowest BCUT2D eigenvalue weighted by atomic mass is 9.94. The van der Waals surface area contributed by atoms with Crippen LogP contribution in [0.5, 0.6) is 11.5 Å². The van der Waals surface area contributed by atoms with Crippen molar-refractivity contribution in [1.29, 1.82) is 0 Å². The largest absolute Gasteiger partial charge is 0.507 e. The molecule has 0 spiro atoms. The van der Waals surface area contributed by atoms with Gasteiger partial charge in [0.2, 0.25) is 0 Å². The van der Waals surface area contributed by atoms with Crippen molar-refractivity contribution in [3.63, 3.8) is 0 Å². The maximum absolute atomic E-state index is 13.3. The molecule has 2 aliphatic rings. The number of carbonyl (C=O) groups excluding carboxylic acids is 2. The van der Waals surface area contributed by atoms with Crippen LogP contribution in [0.3, 0.4) is 0 Å².